The molecule has 0 saturated heterocycles. The third-order valence-corrected chi connectivity index (χ3v) is 5.24. The van der Waals surface area contributed by atoms with E-state index in [0.717, 1.165) is 10.4 Å². The number of nitrogens with one attached hydrogen (secondary N) is 1. The van der Waals surface area contributed by atoms with Crippen LogP contribution in [0.2, 0.25) is 0 Å². The molecule has 0 spiro atoms. The highest BCUT2D eigenvalue weighted by atomic mass is 32.2. The first kappa shape index (κ1) is 14.5. The van der Waals surface area contributed by atoms with E-state index in [2.05, 4.69) is 5.32 Å². The van der Waals surface area contributed by atoms with E-state index in [1.807, 2.05) is 0 Å². The standard InChI is InChI=1S/C15H13FN2O3S/c16-11-5-1-4-8-14(11)22(20,21)18-10-9-15(19)17-12-6-2-3-7-13(12)18/h1-8H,9-10H2,(H,17,19). The van der Waals surface area contributed by atoms with Crippen LogP contribution in [0.1, 0.15) is 6.42 Å². The van der Waals surface area contributed by atoms with Gasteiger partial charge in [0.05, 0.1) is 11.4 Å². The Bertz CT molecular complexity index is 836. The number of hydrogen-bond donors (Lipinski definition) is 1. The Morgan fingerprint density at radius 1 is 1.05 bits per heavy atom. The Morgan fingerprint density at radius 3 is 2.50 bits per heavy atom. The van der Waals surface area contributed by atoms with Crippen molar-refractivity contribution >= 4 is 27.3 Å². The lowest BCUT2D eigenvalue weighted by Crippen LogP contribution is -2.32. The van der Waals surface area contributed by atoms with E-state index in [1.54, 1.807) is 24.3 Å². The number of halogens is 1. The van der Waals surface area contributed by atoms with Crippen LogP contribution in [0.15, 0.2) is 53.4 Å². The Labute approximate surface area is 127 Å². The lowest BCUT2D eigenvalue weighted by Gasteiger charge is -2.23. The van der Waals surface area contributed by atoms with Crippen molar-refractivity contribution < 1.29 is 17.6 Å². The van der Waals surface area contributed by atoms with Crippen molar-refractivity contribution in [2.24, 2.45) is 0 Å². The lowest BCUT2D eigenvalue weighted by atomic mass is 10.2. The predicted molar refractivity (Wildman–Crippen MR) is 80.6 cm³/mol. The number of fused-ring (bicyclic) bond motifs is 1. The van der Waals surface area contributed by atoms with Crippen LogP contribution in [-0.2, 0) is 14.8 Å². The fraction of sp³-hybridized carbons (Fsp3) is 0.133. The molecule has 0 atom stereocenters. The summed E-state index contributed by atoms with van der Waals surface area (Å²) in [6, 6.07) is 11.8. The number of nitrogens with zero attached hydrogens (tertiary/aromatic N) is 1. The van der Waals surface area contributed by atoms with Crippen molar-refractivity contribution in [2.75, 3.05) is 16.2 Å². The monoisotopic (exact) mass is 320 g/mol. The molecule has 114 valence electrons. The second kappa shape index (κ2) is 5.42. The number of carbonyl (C=O) groups excluding carboxylic acids is 1. The molecule has 0 aliphatic carbocycles. The molecule has 0 radical (unpaired) electrons. The number of anilines is 2. The molecular weight excluding hydrogens is 307 g/mol. The van der Waals surface area contributed by atoms with Gasteiger partial charge < -0.3 is 5.32 Å². The molecule has 22 heavy (non-hydrogen) atoms. The van der Waals surface area contributed by atoms with Gasteiger partial charge in [0, 0.05) is 13.0 Å². The second-order valence-electron chi connectivity index (χ2n) is 4.82. The van der Waals surface area contributed by atoms with Crippen molar-refractivity contribution in [3.05, 3.63) is 54.3 Å². The summed E-state index contributed by atoms with van der Waals surface area (Å²) in [6.45, 7) is -0.0421. The van der Waals surface area contributed by atoms with Gasteiger partial charge in [0.2, 0.25) is 5.91 Å². The first-order valence-electron chi connectivity index (χ1n) is 6.66. The van der Waals surface area contributed by atoms with E-state index in [0.29, 0.717) is 11.4 Å². The van der Waals surface area contributed by atoms with Crippen LogP contribution in [0.3, 0.4) is 0 Å². The maximum Gasteiger partial charge on any atom is 0.267 e. The number of para-hydroxylation sites is 2. The smallest absolute Gasteiger partial charge is 0.267 e. The van der Waals surface area contributed by atoms with Crippen LogP contribution in [0.4, 0.5) is 15.8 Å². The van der Waals surface area contributed by atoms with Crippen LogP contribution in [0.5, 0.6) is 0 Å². The number of hydrogen-bond acceptors (Lipinski definition) is 3. The normalized spacial score (nSPS) is 15.0. The Kier molecular flexibility index (Phi) is 3.58. The minimum absolute atomic E-state index is 0.00234. The van der Waals surface area contributed by atoms with Gasteiger partial charge in [-0.25, -0.2) is 12.8 Å². The summed E-state index contributed by atoms with van der Waals surface area (Å²) >= 11 is 0. The molecule has 0 saturated carbocycles. The summed E-state index contributed by atoms with van der Waals surface area (Å²) < 4.78 is 40.5. The van der Waals surface area contributed by atoms with E-state index in [4.69, 9.17) is 0 Å². The van der Waals surface area contributed by atoms with Gasteiger partial charge in [0.15, 0.2) is 0 Å². The number of amides is 1. The topological polar surface area (TPSA) is 66.5 Å². The van der Waals surface area contributed by atoms with Crippen LogP contribution >= 0.6 is 0 Å². The third kappa shape index (κ3) is 2.43. The molecule has 3 rings (SSSR count). The fourth-order valence-corrected chi connectivity index (χ4v) is 3.91. The van der Waals surface area contributed by atoms with E-state index < -0.39 is 20.7 Å². The quantitative estimate of drug-likeness (QED) is 0.924. The minimum atomic E-state index is -4.09. The molecule has 0 aromatic heterocycles. The van der Waals surface area contributed by atoms with E-state index in [1.165, 1.54) is 18.2 Å². The van der Waals surface area contributed by atoms with Gasteiger partial charge in [-0.05, 0) is 24.3 Å². The molecule has 1 aliphatic heterocycles. The molecule has 1 aliphatic rings. The van der Waals surface area contributed by atoms with Crippen LogP contribution < -0.4 is 9.62 Å². The number of benzene rings is 2. The van der Waals surface area contributed by atoms with Gasteiger partial charge in [-0.3, -0.25) is 9.10 Å². The molecule has 2 aromatic rings. The summed E-state index contributed by atoms with van der Waals surface area (Å²) in [7, 11) is -4.09. The van der Waals surface area contributed by atoms with Gasteiger partial charge in [-0.1, -0.05) is 24.3 Å². The summed E-state index contributed by atoms with van der Waals surface area (Å²) in [5, 5.41) is 2.65. The Morgan fingerprint density at radius 2 is 1.73 bits per heavy atom. The highest BCUT2D eigenvalue weighted by molar-refractivity contribution is 7.92. The molecule has 0 fully saturated rings. The summed E-state index contributed by atoms with van der Waals surface area (Å²) in [4.78, 5) is 11.3. The molecular formula is C15H13FN2O3S. The molecule has 7 heteroatoms. The molecule has 0 bridgehead atoms. The number of sulfonamides is 1. The van der Waals surface area contributed by atoms with Crippen molar-refractivity contribution in [2.45, 2.75) is 11.3 Å². The molecule has 1 N–H and O–H groups in total. The molecule has 2 aromatic carbocycles. The number of rotatable bonds is 2. The lowest BCUT2D eigenvalue weighted by molar-refractivity contribution is -0.115. The first-order chi connectivity index (χ1) is 10.5. The van der Waals surface area contributed by atoms with Crippen LogP contribution in [-0.4, -0.2) is 20.9 Å². The SMILES string of the molecule is O=C1CCN(S(=O)(=O)c2ccccc2F)c2ccccc2N1. The van der Waals surface area contributed by atoms with Gasteiger partial charge in [-0.2, -0.15) is 0 Å². The minimum Gasteiger partial charge on any atom is -0.324 e. The summed E-state index contributed by atoms with van der Waals surface area (Å²) in [5.41, 5.74) is 0.724. The van der Waals surface area contributed by atoms with Crippen molar-refractivity contribution in [1.82, 2.24) is 0 Å². The maximum absolute atomic E-state index is 13.9. The zero-order valence-electron chi connectivity index (χ0n) is 11.5. The first-order valence-corrected chi connectivity index (χ1v) is 8.10. The van der Waals surface area contributed by atoms with Crippen molar-refractivity contribution in [3.8, 4) is 0 Å². The average molecular weight is 320 g/mol. The predicted octanol–water partition coefficient (Wildman–Crippen LogP) is 2.36. The Balaban J connectivity index is 2.15. The van der Waals surface area contributed by atoms with Gasteiger partial charge in [-0.15, -0.1) is 0 Å². The van der Waals surface area contributed by atoms with E-state index in [-0.39, 0.29) is 18.9 Å². The molecule has 1 amide bonds. The van der Waals surface area contributed by atoms with Gasteiger partial charge in [0.1, 0.15) is 10.7 Å². The molecule has 5 nitrogen and oxygen atoms in total. The van der Waals surface area contributed by atoms with Crippen LogP contribution in [0.25, 0.3) is 0 Å². The van der Waals surface area contributed by atoms with Crippen molar-refractivity contribution in [1.29, 1.82) is 0 Å². The summed E-state index contributed by atoms with van der Waals surface area (Å²) in [5.74, 6) is -1.10. The highest BCUT2D eigenvalue weighted by Gasteiger charge is 2.31. The molecule has 0 unspecified atom stereocenters. The second-order valence-corrected chi connectivity index (χ2v) is 6.65. The average Bonchev–Trinajstić information content (AvgIpc) is 2.66. The fourth-order valence-electron chi connectivity index (χ4n) is 2.36. The van der Waals surface area contributed by atoms with Gasteiger partial charge in [0.25, 0.3) is 10.0 Å². The zero-order chi connectivity index (χ0) is 15.7. The Hall–Kier alpha value is -2.41. The highest BCUT2D eigenvalue weighted by Crippen LogP contribution is 2.33. The maximum atomic E-state index is 13.9. The number of carbonyl (C=O) groups is 1. The van der Waals surface area contributed by atoms with Gasteiger partial charge >= 0.3 is 0 Å². The third-order valence-electron chi connectivity index (χ3n) is 3.39. The summed E-state index contributed by atoms with van der Waals surface area (Å²) in [6.07, 6.45) is 0.00234. The van der Waals surface area contributed by atoms with Crippen molar-refractivity contribution in [3.63, 3.8) is 0 Å². The van der Waals surface area contributed by atoms with E-state index >= 15 is 0 Å². The van der Waals surface area contributed by atoms with E-state index in [9.17, 15) is 17.6 Å². The zero-order valence-corrected chi connectivity index (χ0v) is 12.3. The van der Waals surface area contributed by atoms with Crippen LogP contribution in [0, 0.1) is 5.82 Å². The largest absolute Gasteiger partial charge is 0.324 e. The molecule has 1 heterocycles.